The van der Waals surface area contributed by atoms with Crippen molar-refractivity contribution >= 4 is 11.8 Å². The Morgan fingerprint density at radius 1 is 1.39 bits per heavy atom. The van der Waals surface area contributed by atoms with Crippen molar-refractivity contribution in [1.82, 2.24) is 15.1 Å². The molecule has 0 saturated carbocycles. The molecule has 1 N–H and O–H groups in total. The molecule has 1 aromatic heterocycles. The van der Waals surface area contributed by atoms with Gasteiger partial charge in [0.1, 0.15) is 0 Å². The topological polar surface area (TPSA) is 29.9 Å². The summed E-state index contributed by atoms with van der Waals surface area (Å²) in [5, 5.41) is 8.11. The van der Waals surface area contributed by atoms with Gasteiger partial charge in [0, 0.05) is 18.7 Å². The third kappa shape index (κ3) is 4.65. The molecule has 0 spiro atoms. The molecule has 0 aliphatic heterocycles. The standard InChI is InChI=1S/C14H27N3S/c1-5-14(6-2)17-9-7-13(16-17)11-12(15-3)8-10-18-4/h7,9,12,14-15H,5-6,8,10-11H2,1-4H3. The summed E-state index contributed by atoms with van der Waals surface area (Å²) in [6, 6.07) is 3.27. The molecule has 0 bridgehead atoms. The summed E-state index contributed by atoms with van der Waals surface area (Å²) in [4.78, 5) is 0. The van der Waals surface area contributed by atoms with Gasteiger partial charge in [0.2, 0.25) is 0 Å². The number of rotatable bonds is 9. The summed E-state index contributed by atoms with van der Waals surface area (Å²) >= 11 is 1.91. The van der Waals surface area contributed by atoms with Crippen molar-refractivity contribution in [3.8, 4) is 0 Å². The van der Waals surface area contributed by atoms with E-state index in [4.69, 9.17) is 5.10 Å². The Labute approximate surface area is 116 Å². The third-order valence-corrected chi connectivity index (χ3v) is 4.16. The Kier molecular flexibility index (Phi) is 7.44. The molecular formula is C14H27N3S. The van der Waals surface area contributed by atoms with Crippen LogP contribution < -0.4 is 5.32 Å². The van der Waals surface area contributed by atoms with Gasteiger partial charge in [-0.2, -0.15) is 16.9 Å². The van der Waals surface area contributed by atoms with E-state index in [0.717, 1.165) is 19.3 Å². The van der Waals surface area contributed by atoms with Gasteiger partial charge in [-0.3, -0.25) is 4.68 Å². The maximum Gasteiger partial charge on any atom is 0.0640 e. The fourth-order valence-corrected chi connectivity index (χ4v) is 2.73. The minimum Gasteiger partial charge on any atom is -0.317 e. The maximum atomic E-state index is 4.72. The van der Waals surface area contributed by atoms with Gasteiger partial charge in [-0.1, -0.05) is 13.8 Å². The molecule has 0 aliphatic carbocycles. The van der Waals surface area contributed by atoms with Gasteiger partial charge < -0.3 is 5.32 Å². The zero-order valence-corrected chi connectivity index (χ0v) is 13.0. The monoisotopic (exact) mass is 269 g/mol. The summed E-state index contributed by atoms with van der Waals surface area (Å²) in [5.41, 5.74) is 1.21. The SMILES string of the molecule is CCC(CC)n1ccc(CC(CCSC)NC)n1. The van der Waals surface area contributed by atoms with Crippen molar-refractivity contribution in [2.24, 2.45) is 0 Å². The van der Waals surface area contributed by atoms with Gasteiger partial charge in [0.05, 0.1) is 11.7 Å². The Hall–Kier alpha value is -0.480. The molecule has 1 heterocycles. The van der Waals surface area contributed by atoms with Gasteiger partial charge in [-0.15, -0.1) is 0 Å². The number of hydrogen-bond acceptors (Lipinski definition) is 3. The average molecular weight is 269 g/mol. The van der Waals surface area contributed by atoms with Gasteiger partial charge in [-0.05, 0) is 44.4 Å². The molecule has 3 nitrogen and oxygen atoms in total. The lowest BCUT2D eigenvalue weighted by Crippen LogP contribution is -2.28. The van der Waals surface area contributed by atoms with Gasteiger partial charge in [0.25, 0.3) is 0 Å². The van der Waals surface area contributed by atoms with E-state index < -0.39 is 0 Å². The molecule has 4 heteroatoms. The van der Waals surface area contributed by atoms with Gasteiger partial charge >= 0.3 is 0 Å². The van der Waals surface area contributed by atoms with E-state index in [9.17, 15) is 0 Å². The predicted octanol–water partition coefficient (Wildman–Crippen LogP) is 3.13. The van der Waals surface area contributed by atoms with E-state index in [1.165, 1.54) is 17.9 Å². The Morgan fingerprint density at radius 3 is 2.67 bits per heavy atom. The molecule has 104 valence electrons. The summed E-state index contributed by atoms with van der Waals surface area (Å²) in [5.74, 6) is 1.21. The number of thioether (sulfide) groups is 1. The highest BCUT2D eigenvalue weighted by Crippen LogP contribution is 2.15. The lowest BCUT2D eigenvalue weighted by atomic mass is 10.1. The van der Waals surface area contributed by atoms with Crippen LogP contribution in [-0.2, 0) is 6.42 Å². The molecule has 18 heavy (non-hydrogen) atoms. The highest BCUT2D eigenvalue weighted by molar-refractivity contribution is 7.98. The van der Waals surface area contributed by atoms with Crippen LogP contribution in [0.4, 0.5) is 0 Å². The number of nitrogens with one attached hydrogen (secondary N) is 1. The van der Waals surface area contributed by atoms with E-state index >= 15 is 0 Å². The van der Waals surface area contributed by atoms with Crippen molar-refractivity contribution in [1.29, 1.82) is 0 Å². The van der Waals surface area contributed by atoms with Crippen molar-refractivity contribution < 1.29 is 0 Å². The molecular weight excluding hydrogens is 242 g/mol. The van der Waals surface area contributed by atoms with Crippen LogP contribution in [0.2, 0.25) is 0 Å². The van der Waals surface area contributed by atoms with Crippen molar-refractivity contribution in [2.75, 3.05) is 19.1 Å². The normalized spacial score (nSPS) is 13.2. The number of likely N-dealkylation sites (N-methyl/N-ethyl adjacent to an activating group) is 1. The van der Waals surface area contributed by atoms with Crippen LogP contribution >= 0.6 is 11.8 Å². The quantitative estimate of drug-likeness (QED) is 0.747. The largest absolute Gasteiger partial charge is 0.317 e. The second-order valence-electron chi connectivity index (χ2n) is 4.73. The second-order valence-corrected chi connectivity index (χ2v) is 5.71. The van der Waals surface area contributed by atoms with Crippen LogP contribution in [0.3, 0.4) is 0 Å². The average Bonchev–Trinajstić information content (AvgIpc) is 2.84. The zero-order valence-electron chi connectivity index (χ0n) is 12.1. The van der Waals surface area contributed by atoms with Crippen LogP contribution in [0.5, 0.6) is 0 Å². The molecule has 1 unspecified atom stereocenters. The van der Waals surface area contributed by atoms with Crippen LogP contribution in [0, 0.1) is 0 Å². The molecule has 0 aliphatic rings. The van der Waals surface area contributed by atoms with E-state index in [-0.39, 0.29) is 0 Å². The molecule has 1 rings (SSSR count). The molecule has 0 radical (unpaired) electrons. The number of hydrogen-bond donors (Lipinski definition) is 1. The first-order valence-electron chi connectivity index (χ1n) is 6.95. The molecule has 0 aromatic carbocycles. The van der Waals surface area contributed by atoms with E-state index in [1.807, 2.05) is 18.8 Å². The zero-order chi connectivity index (χ0) is 13.4. The molecule has 1 aromatic rings. The van der Waals surface area contributed by atoms with Crippen LogP contribution in [-0.4, -0.2) is 34.9 Å². The van der Waals surface area contributed by atoms with E-state index in [2.05, 4.69) is 42.4 Å². The van der Waals surface area contributed by atoms with Crippen molar-refractivity contribution in [2.45, 2.75) is 51.6 Å². The van der Waals surface area contributed by atoms with Crippen molar-refractivity contribution in [3.63, 3.8) is 0 Å². The minimum absolute atomic E-state index is 0.544. The molecule has 1 atom stereocenters. The summed E-state index contributed by atoms with van der Waals surface area (Å²) in [6.45, 7) is 4.45. The molecule has 0 fully saturated rings. The Morgan fingerprint density at radius 2 is 2.11 bits per heavy atom. The fourth-order valence-electron chi connectivity index (χ4n) is 2.21. The summed E-state index contributed by atoms with van der Waals surface area (Å²) in [6.07, 6.45) is 8.83. The first-order valence-corrected chi connectivity index (χ1v) is 8.34. The van der Waals surface area contributed by atoms with Crippen LogP contribution in [0.1, 0.15) is 44.8 Å². The second kappa shape index (κ2) is 8.59. The minimum atomic E-state index is 0.544. The lowest BCUT2D eigenvalue weighted by Gasteiger charge is -2.15. The Balaban J connectivity index is 2.56. The molecule has 0 saturated heterocycles. The first-order chi connectivity index (χ1) is 8.74. The molecule has 0 amide bonds. The highest BCUT2D eigenvalue weighted by Gasteiger charge is 2.11. The smallest absolute Gasteiger partial charge is 0.0640 e. The highest BCUT2D eigenvalue weighted by atomic mass is 32.2. The fraction of sp³-hybridized carbons (Fsp3) is 0.786. The van der Waals surface area contributed by atoms with Gasteiger partial charge in [-0.25, -0.2) is 0 Å². The summed E-state index contributed by atoms with van der Waals surface area (Å²) < 4.78 is 2.14. The summed E-state index contributed by atoms with van der Waals surface area (Å²) in [7, 11) is 2.04. The first kappa shape index (κ1) is 15.6. The lowest BCUT2D eigenvalue weighted by molar-refractivity contribution is 0.422. The van der Waals surface area contributed by atoms with Crippen LogP contribution in [0.15, 0.2) is 12.3 Å². The third-order valence-electron chi connectivity index (χ3n) is 3.51. The van der Waals surface area contributed by atoms with E-state index in [0.29, 0.717) is 12.1 Å². The van der Waals surface area contributed by atoms with Crippen molar-refractivity contribution in [3.05, 3.63) is 18.0 Å². The van der Waals surface area contributed by atoms with Gasteiger partial charge in [0.15, 0.2) is 0 Å². The number of aromatic nitrogens is 2. The Bertz CT molecular complexity index is 321. The number of nitrogens with zero attached hydrogens (tertiary/aromatic N) is 2. The van der Waals surface area contributed by atoms with Crippen LogP contribution in [0.25, 0.3) is 0 Å². The van der Waals surface area contributed by atoms with E-state index in [1.54, 1.807) is 0 Å². The predicted molar refractivity (Wildman–Crippen MR) is 81.4 cm³/mol. The maximum absolute atomic E-state index is 4.72.